The van der Waals surface area contributed by atoms with Crippen LogP contribution in [0.25, 0.3) is 0 Å². The van der Waals surface area contributed by atoms with Gasteiger partial charge in [-0.3, -0.25) is 0 Å². The number of benzene rings is 1. The first-order valence-electron chi connectivity index (χ1n) is 5.79. The zero-order chi connectivity index (χ0) is 14.8. The second kappa shape index (κ2) is 5.52. The molecule has 6 heteroatoms. The molecule has 1 rings (SSSR count). The maximum Gasteiger partial charge on any atom is 0.338 e. The molecule has 0 saturated carbocycles. The van der Waals surface area contributed by atoms with Crippen LogP contribution in [0.5, 0.6) is 0 Å². The highest BCUT2D eigenvalue weighted by molar-refractivity contribution is 5.88. The lowest BCUT2D eigenvalue weighted by atomic mass is 10.0. The quantitative estimate of drug-likeness (QED) is 0.864. The minimum Gasteiger partial charge on any atom is -0.478 e. The summed E-state index contributed by atoms with van der Waals surface area (Å²) in [7, 11) is 3.76. The Labute approximate surface area is 111 Å². The molecule has 0 amide bonds. The number of carboxylic acid groups (broad SMARTS) is 1. The summed E-state index contributed by atoms with van der Waals surface area (Å²) in [5.41, 5.74) is -0.971. The van der Waals surface area contributed by atoms with Crippen molar-refractivity contribution >= 4 is 11.7 Å². The number of aromatic carboxylic acids is 1. The number of halogens is 2. The smallest absolute Gasteiger partial charge is 0.338 e. The number of carboxylic acids is 1. The molecule has 0 saturated heterocycles. The fourth-order valence-electron chi connectivity index (χ4n) is 1.32. The third-order valence-electron chi connectivity index (χ3n) is 3.23. The molecule has 0 spiro atoms. The maximum absolute atomic E-state index is 13.7. The van der Waals surface area contributed by atoms with Gasteiger partial charge in [-0.15, -0.1) is 0 Å². The lowest BCUT2D eigenvalue weighted by Crippen LogP contribution is -2.44. The van der Waals surface area contributed by atoms with Gasteiger partial charge in [-0.05, 0) is 40.1 Å². The number of likely N-dealkylation sites (N-methyl/N-ethyl adjacent to an activating group) is 1. The number of carbonyl (C=O) groups is 1. The Balaban J connectivity index is 2.93. The third-order valence-corrected chi connectivity index (χ3v) is 3.23. The zero-order valence-corrected chi connectivity index (χ0v) is 11.4. The van der Waals surface area contributed by atoms with Crippen LogP contribution in [-0.4, -0.2) is 42.2 Å². The van der Waals surface area contributed by atoms with E-state index in [4.69, 9.17) is 5.11 Å². The summed E-state index contributed by atoms with van der Waals surface area (Å²) in [6.07, 6.45) is 0. The van der Waals surface area contributed by atoms with Crippen LogP contribution in [-0.2, 0) is 0 Å². The normalized spacial score (nSPS) is 11.7. The molecule has 0 aromatic heterocycles. The predicted molar refractivity (Wildman–Crippen MR) is 69.6 cm³/mol. The molecular weight excluding hydrogens is 254 g/mol. The van der Waals surface area contributed by atoms with Crippen LogP contribution in [0.4, 0.5) is 14.5 Å². The second-order valence-electron chi connectivity index (χ2n) is 5.15. The topological polar surface area (TPSA) is 52.6 Å². The number of hydrogen-bond acceptors (Lipinski definition) is 3. The second-order valence-corrected chi connectivity index (χ2v) is 5.15. The average Bonchev–Trinajstić information content (AvgIpc) is 2.30. The first-order chi connectivity index (χ1) is 8.66. The standard InChI is InChI=1S/C13H18F2N2O2/c1-13(2,17(3)4)7-16-9-6-5-8(12(18)19)10(14)11(9)15/h5-6,16H,7H2,1-4H3,(H,18,19). The van der Waals surface area contributed by atoms with Crippen LogP contribution in [0, 0.1) is 11.6 Å². The van der Waals surface area contributed by atoms with E-state index < -0.39 is 23.2 Å². The van der Waals surface area contributed by atoms with E-state index in [9.17, 15) is 13.6 Å². The van der Waals surface area contributed by atoms with Crippen molar-refractivity contribution in [1.82, 2.24) is 4.90 Å². The molecule has 0 radical (unpaired) electrons. The molecule has 0 aliphatic rings. The van der Waals surface area contributed by atoms with Crippen molar-refractivity contribution in [2.24, 2.45) is 0 Å². The highest BCUT2D eigenvalue weighted by Gasteiger charge is 2.22. The van der Waals surface area contributed by atoms with Gasteiger partial charge in [0.2, 0.25) is 0 Å². The van der Waals surface area contributed by atoms with Crippen LogP contribution in [0.2, 0.25) is 0 Å². The lowest BCUT2D eigenvalue weighted by Gasteiger charge is -2.33. The Bertz CT molecular complexity index is 488. The largest absolute Gasteiger partial charge is 0.478 e. The summed E-state index contributed by atoms with van der Waals surface area (Å²) in [5, 5.41) is 11.5. The van der Waals surface area contributed by atoms with Gasteiger partial charge in [-0.25, -0.2) is 13.6 Å². The van der Waals surface area contributed by atoms with Crippen molar-refractivity contribution in [2.75, 3.05) is 26.0 Å². The molecule has 1 aromatic rings. The van der Waals surface area contributed by atoms with Crippen molar-refractivity contribution < 1.29 is 18.7 Å². The van der Waals surface area contributed by atoms with Gasteiger partial charge in [0.25, 0.3) is 0 Å². The van der Waals surface area contributed by atoms with Crippen molar-refractivity contribution in [1.29, 1.82) is 0 Å². The highest BCUT2D eigenvalue weighted by Crippen LogP contribution is 2.22. The van der Waals surface area contributed by atoms with E-state index in [1.165, 1.54) is 6.07 Å². The Morgan fingerprint density at radius 2 is 1.89 bits per heavy atom. The van der Waals surface area contributed by atoms with E-state index in [1.807, 2.05) is 32.8 Å². The van der Waals surface area contributed by atoms with Gasteiger partial charge in [0, 0.05) is 12.1 Å². The molecule has 4 nitrogen and oxygen atoms in total. The monoisotopic (exact) mass is 272 g/mol. The van der Waals surface area contributed by atoms with E-state index in [-0.39, 0.29) is 11.2 Å². The van der Waals surface area contributed by atoms with Gasteiger partial charge in [-0.2, -0.15) is 0 Å². The number of nitrogens with zero attached hydrogens (tertiary/aromatic N) is 1. The Hall–Kier alpha value is -1.69. The zero-order valence-electron chi connectivity index (χ0n) is 11.4. The van der Waals surface area contributed by atoms with Crippen molar-refractivity contribution in [2.45, 2.75) is 19.4 Å². The molecule has 106 valence electrons. The molecule has 1 aromatic carbocycles. The van der Waals surface area contributed by atoms with Crippen LogP contribution < -0.4 is 5.32 Å². The Kier molecular flexibility index (Phi) is 4.47. The molecule has 0 bridgehead atoms. The molecule has 0 atom stereocenters. The fourth-order valence-corrected chi connectivity index (χ4v) is 1.32. The SMILES string of the molecule is CN(C)C(C)(C)CNc1ccc(C(=O)O)c(F)c1F. The van der Waals surface area contributed by atoms with E-state index in [1.54, 1.807) is 0 Å². The summed E-state index contributed by atoms with van der Waals surface area (Å²) in [6, 6.07) is 2.28. The van der Waals surface area contributed by atoms with Crippen LogP contribution in [0.15, 0.2) is 12.1 Å². The molecule has 0 fully saturated rings. The molecule has 0 heterocycles. The highest BCUT2D eigenvalue weighted by atomic mass is 19.2. The summed E-state index contributed by atoms with van der Waals surface area (Å²) in [4.78, 5) is 12.6. The summed E-state index contributed by atoms with van der Waals surface area (Å²) < 4.78 is 27.2. The van der Waals surface area contributed by atoms with Gasteiger partial charge in [0.05, 0.1) is 11.3 Å². The number of hydrogen-bond donors (Lipinski definition) is 2. The lowest BCUT2D eigenvalue weighted by molar-refractivity contribution is 0.0690. The molecule has 0 aliphatic carbocycles. The first-order valence-corrected chi connectivity index (χ1v) is 5.79. The molecular formula is C13H18F2N2O2. The Morgan fingerprint density at radius 1 is 1.32 bits per heavy atom. The van der Waals surface area contributed by atoms with Gasteiger partial charge < -0.3 is 15.3 Å². The maximum atomic E-state index is 13.7. The van der Waals surface area contributed by atoms with Crippen LogP contribution in [0.1, 0.15) is 24.2 Å². The summed E-state index contributed by atoms with van der Waals surface area (Å²) in [6.45, 7) is 4.28. The van der Waals surface area contributed by atoms with E-state index >= 15 is 0 Å². The predicted octanol–water partition coefficient (Wildman–Crippen LogP) is 2.42. The van der Waals surface area contributed by atoms with Gasteiger partial charge in [0.1, 0.15) is 0 Å². The average molecular weight is 272 g/mol. The third kappa shape index (κ3) is 3.41. The number of nitrogens with one attached hydrogen (secondary N) is 1. The van der Waals surface area contributed by atoms with Crippen LogP contribution in [0.3, 0.4) is 0 Å². The van der Waals surface area contributed by atoms with E-state index in [0.29, 0.717) is 6.54 Å². The molecule has 0 aliphatic heterocycles. The summed E-state index contributed by atoms with van der Waals surface area (Å²) in [5.74, 6) is -4.01. The van der Waals surface area contributed by atoms with Gasteiger partial charge >= 0.3 is 5.97 Å². The minimum absolute atomic E-state index is 0.0441. The summed E-state index contributed by atoms with van der Waals surface area (Å²) >= 11 is 0. The molecule has 0 unspecified atom stereocenters. The van der Waals surface area contributed by atoms with E-state index in [2.05, 4.69) is 5.32 Å². The minimum atomic E-state index is -1.49. The van der Waals surface area contributed by atoms with Gasteiger partial charge in [-0.1, -0.05) is 0 Å². The first kappa shape index (κ1) is 15.4. The number of rotatable bonds is 5. The van der Waals surface area contributed by atoms with Crippen molar-refractivity contribution in [3.63, 3.8) is 0 Å². The van der Waals surface area contributed by atoms with Crippen LogP contribution >= 0.6 is 0 Å². The molecule has 19 heavy (non-hydrogen) atoms. The molecule has 2 N–H and O–H groups in total. The Morgan fingerprint density at radius 3 is 2.37 bits per heavy atom. The van der Waals surface area contributed by atoms with Crippen molar-refractivity contribution in [3.05, 3.63) is 29.3 Å². The van der Waals surface area contributed by atoms with E-state index in [0.717, 1.165) is 6.07 Å². The number of anilines is 1. The fraction of sp³-hybridized carbons (Fsp3) is 0.462. The van der Waals surface area contributed by atoms with Crippen molar-refractivity contribution in [3.8, 4) is 0 Å². The van der Waals surface area contributed by atoms with Gasteiger partial charge in [0.15, 0.2) is 11.6 Å².